The zero-order chi connectivity index (χ0) is 13.3. The molecule has 1 saturated heterocycles. The highest BCUT2D eigenvalue weighted by molar-refractivity contribution is 9.10. The Morgan fingerprint density at radius 1 is 1.50 bits per heavy atom. The molecule has 1 aliphatic heterocycles. The summed E-state index contributed by atoms with van der Waals surface area (Å²) < 4.78 is 3.04. The van der Waals surface area contributed by atoms with E-state index in [0.717, 1.165) is 42.5 Å². The lowest BCUT2D eigenvalue weighted by atomic mass is 10.0. The molecule has 2 rings (SSSR count). The van der Waals surface area contributed by atoms with Gasteiger partial charge in [0.2, 0.25) is 0 Å². The van der Waals surface area contributed by atoms with Gasteiger partial charge in [-0.15, -0.1) is 0 Å². The van der Waals surface area contributed by atoms with E-state index in [4.69, 9.17) is 0 Å². The Bertz CT molecular complexity index is 451. The number of aryl methyl sites for hydroxylation is 1. The number of hydrogen-bond acceptors (Lipinski definition) is 1. The number of aromatic nitrogens is 1. The monoisotopic (exact) mass is 312 g/mol. The number of halogens is 1. The highest BCUT2D eigenvalue weighted by Crippen LogP contribution is 2.30. The SMILES string of the molecule is CCCn1cc(Br)cc1C(=O)N1CCCC1(C)C. The zero-order valence-corrected chi connectivity index (χ0v) is 13.0. The Morgan fingerprint density at radius 2 is 2.22 bits per heavy atom. The van der Waals surface area contributed by atoms with Crippen LogP contribution in [0, 0.1) is 0 Å². The fraction of sp³-hybridized carbons (Fsp3) is 0.643. The number of likely N-dealkylation sites (tertiary alicyclic amines) is 1. The summed E-state index contributed by atoms with van der Waals surface area (Å²) in [5, 5.41) is 0. The van der Waals surface area contributed by atoms with Gasteiger partial charge in [-0.1, -0.05) is 6.92 Å². The summed E-state index contributed by atoms with van der Waals surface area (Å²) in [7, 11) is 0. The number of hydrogen-bond donors (Lipinski definition) is 0. The van der Waals surface area contributed by atoms with Gasteiger partial charge in [0, 0.05) is 29.3 Å². The molecule has 0 N–H and O–H groups in total. The molecule has 0 atom stereocenters. The molecule has 1 fully saturated rings. The molecule has 0 aliphatic carbocycles. The molecular formula is C14H21BrN2O. The lowest BCUT2D eigenvalue weighted by molar-refractivity contribution is 0.0640. The van der Waals surface area contributed by atoms with Gasteiger partial charge in [0.1, 0.15) is 5.69 Å². The second kappa shape index (κ2) is 5.08. The number of nitrogens with zero attached hydrogens (tertiary/aromatic N) is 2. The molecule has 1 aromatic heterocycles. The standard InChI is InChI=1S/C14H21BrN2O/c1-4-7-16-10-11(15)9-12(16)13(18)17-8-5-6-14(17,2)3/h9-10H,4-8H2,1-3H3. The Morgan fingerprint density at radius 3 is 2.78 bits per heavy atom. The fourth-order valence-corrected chi connectivity index (χ4v) is 3.17. The normalized spacial score (nSPS) is 18.3. The summed E-state index contributed by atoms with van der Waals surface area (Å²) in [6.45, 7) is 8.20. The van der Waals surface area contributed by atoms with Crippen molar-refractivity contribution in [1.29, 1.82) is 0 Å². The minimum atomic E-state index is -0.00905. The molecule has 0 spiro atoms. The maximum atomic E-state index is 12.7. The molecule has 0 saturated carbocycles. The van der Waals surface area contributed by atoms with Gasteiger partial charge >= 0.3 is 0 Å². The Labute approximate surface area is 117 Å². The van der Waals surface area contributed by atoms with Gasteiger partial charge in [0.05, 0.1) is 0 Å². The van der Waals surface area contributed by atoms with Crippen LogP contribution < -0.4 is 0 Å². The van der Waals surface area contributed by atoms with E-state index in [-0.39, 0.29) is 11.4 Å². The second-order valence-electron chi connectivity index (χ2n) is 5.61. The van der Waals surface area contributed by atoms with Crippen LogP contribution in [0.4, 0.5) is 0 Å². The van der Waals surface area contributed by atoms with Crippen molar-refractivity contribution < 1.29 is 4.79 Å². The molecule has 2 heterocycles. The van der Waals surface area contributed by atoms with E-state index in [9.17, 15) is 4.79 Å². The Kier molecular flexibility index (Phi) is 3.85. The lowest BCUT2D eigenvalue weighted by Gasteiger charge is -2.31. The molecule has 1 amide bonds. The molecular weight excluding hydrogens is 292 g/mol. The number of amides is 1. The largest absolute Gasteiger partial charge is 0.342 e. The first-order valence-corrected chi connectivity index (χ1v) is 7.42. The van der Waals surface area contributed by atoms with Gasteiger partial charge in [-0.3, -0.25) is 4.79 Å². The maximum absolute atomic E-state index is 12.7. The lowest BCUT2D eigenvalue weighted by Crippen LogP contribution is -2.43. The third-order valence-electron chi connectivity index (χ3n) is 3.69. The van der Waals surface area contributed by atoms with Crippen molar-refractivity contribution in [2.45, 2.75) is 52.1 Å². The van der Waals surface area contributed by atoms with Crippen molar-refractivity contribution in [3.05, 3.63) is 22.4 Å². The predicted molar refractivity (Wildman–Crippen MR) is 76.8 cm³/mol. The van der Waals surface area contributed by atoms with Crippen molar-refractivity contribution in [1.82, 2.24) is 9.47 Å². The van der Waals surface area contributed by atoms with Gasteiger partial charge in [-0.2, -0.15) is 0 Å². The summed E-state index contributed by atoms with van der Waals surface area (Å²) in [6, 6.07) is 1.94. The third-order valence-corrected chi connectivity index (χ3v) is 4.13. The molecule has 18 heavy (non-hydrogen) atoms. The summed E-state index contributed by atoms with van der Waals surface area (Å²) in [6.07, 6.45) is 5.23. The molecule has 1 aromatic rings. The van der Waals surface area contributed by atoms with E-state index in [1.165, 1.54) is 0 Å². The van der Waals surface area contributed by atoms with Crippen molar-refractivity contribution in [3.63, 3.8) is 0 Å². The predicted octanol–water partition coefficient (Wildman–Crippen LogP) is 3.68. The van der Waals surface area contributed by atoms with E-state index < -0.39 is 0 Å². The maximum Gasteiger partial charge on any atom is 0.270 e. The van der Waals surface area contributed by atoms with Crippen molar-refractivity contribution in [3.8, 4) is 0 Å². The first-order valence-electron chi connectivity index (χ1n) is 6.63. The fourth-order valence-electron chi connectivity index (χ4n) is 2.70. The molecule has 1 aliphatic rings. The van der Waals surface area contributed by atoms with Gasteiger partial charge in [0.25, 0.3) is 5.91 Å². The summed E-state index contributed by atoms with van der Waals surface area (Å²) >= 11 is 3.47. The van der Waals surface area contributed by atoms with Crippen LogP contribution in [-0.2, 0) is 6.54 Å². The molecule has 0 bridgehead atoms. The second-order valence-corrected chi connectivity index (χ2v) is 6.53. The first-order chi connectivity index (χ1) is 8.45. The van der Waals surface area contributed by atoms with Crippen LogP contribution in [0.2, 0.25) is 0 Å². The molecule has 0 radical (unpaired) electrons. The smallest absolute Gasteiger partial charge is 0.270 e. The van der Waals surface area contributed by atoms with Crippen LogP contribution in [0.1, 0.15) is 50.5 Å². The van der Waals surface area contributed by atoms with E-state index in [0.29, 0.717) is 0 Å². The van der Waals surface area contributed by atoms with Gasteiger partial charge in [-0.05, 0) is 55.1 Å². The van der Waals surface area contributed by atoms with Crippen LogP contribution in [0.3, 0.4) is 0 Å². The average Bonchev–Trinajstić information content (AvgIpc) is 2.81. The van der Waals surface area contributed by atoms with Crippen molar-refractivity contribution in [2.75, 3.05) is 6.54 Å². The highest BCUT2D eigenvalue weighted by Gasteiger charge is 2.36. The minimum Gasteiger partial charge on any atom is -0.342 e. The molecule has 3 nitrogen and oxygen atoms in total. The van der Waals surface area contributed by atoms with E-state index in [1.807, 2.05) is 17.2 Å². The van der Waals surface area contributed by atoms with Crippen LogP contribution in [0.25, 0.3) is 0 Å². The number of carbonyl (C=O) groups is 1. The van der Waals surface area contributed by atoms with Gasteiger partial charge in [-0.25, -0.2) is 0 Å². The molecule has 100 valence electrons. The average molecular weight is 313 g/mol. The van der Waals surface area contributed by atoms with Crippen molar-refractivity contribution >= 4 is 21.8 Å². The van der Waals surface area contributed by atoms with Crippen LogP contribution in [-0.4, -0.2) is 27.5 Å². The summed E-state index contributed by atoms with van der Waals surface area (Å²) in [5.41, 5.74) is 0.795. The Hall–Kier alpha value is -0.770. The molecule has 4 heteroatoms. The van der Waals surface area contributed by atoms with Crippen LogP contribution in [0.15, 0.2) is 16.7 Å². The minimum absolute atomic E-state index is 0.00905. The zero-order valence-electron chi connectivity index (χ0n) is 11.4. The summed E-state index contributed by atoms with van der Waals surface area (Å²) in [4.78, 5) is 14.7. The van der Waals surface area contributed by atoms with Crippen LogP contribution in [0.5, 0.6) is 0 Å². The van der Waals surface area contributed by atoms with E-state index >= 15 is 0 Å². The van der Waals surface area contributed by atoms with Crippen LogP contribution >= 0.6 is 15.9 Å². The highest BCUT2D eigenvalue weighted by atomic mass is 79.9. The third kappa shape index (κ3) is 2.48. The Balaban J connectivity index is 2.28. The van der Waals surface area contributed by atoms with Crippen molar-refractivity contribution in [2.24, 2.45) is 0 Å². The van der Waals surface area contributed by atoms with Gasteiger partial charge in [0.15, 0.2) is 0 Å². The van der Waals surface area contributed by atoms with E-state index in [2.05, 4.69) is 41.3 Å². The summed E-state index contributed by atoms with van der Waals surface area (Å²) in [5.74, 6) is 0.164. The number of rotatable bonds is 3. The number of carbonyl (C=O) groups excluding carboxylic acids is 1. The topological polar surface area (TPSA) is 25.2 Å². The molecule has 0 unspecified atom stereocenters. The first kappa shape index (κ1) is 13.7. The van der Waals surface area contributed by atoms with Gasteiger partial charge < -0.3 is 9.47 Å². The van der Waals surface area contributed by atoms with E-state index in [1.54, 1.807) is 0 Å². The quantitative estimate of drug-likeness (QED) is 0.836. The molecule has 0 aromatic carbocycles.